The Labute approximate surface area is 171 Å². The van der Waals surface area contributed by atoms with Crippen LogP contribution in [-0.2, 0) is 5.41 Å². The van der Waals surface area contributed by atoms with Crippen molar-refractivity contribution in [2.45, 2.75) is 40.0 Å². The number of pyridine rings is 3. The van der Waals surface area contributed by atoms with Gasteiger partial charge in [-0.25, -0.2) is 4.68 Å². The van der Waals surface area contributed by atoms with E-state index in [1.165, 1.54) is 0 Å². The second-order valence-electron chi connectivity index (χ2n) is 7.97. The summed E-state index contributed by atoms with van der Waals surface area (Å²) in [6.45, 7) is 10.3. The van der Waals surface area contributed by atoms with Crippen molar-refractivity contribution in [2.24, 2.45) is 0 Å². The zero-order valence-corrected chi connectivity index (χ0v) is 17.5. The van der Waals surface area contributed by atoms with E-state index in [4.69, 9.17) is 10.1 Å². The molecule has 4 rings (SSSR count). The molecule has 0 amide bonds. The van der Waals surface area contributed by atoms with Gasteiger partial charge in [-0.15, -0.1) is 0 Å². The largest absolute Gasteiger partial charge is 0.261 e. The lowest BCUT2D eigenvalue weighted by atomic mass is 9.85. The third-order valence-electron chi connectivity index (χ3n) is 5.16. The van der Waals surface area contributed by atoms with E-state index in [-0.39, 0.29) is 5.41 Å². The van der Waals surface area contributed by atoms with Gasteiger partial charge in [0.25, 0.3) is 0 Å². The van der Waals surface area contributed by atoms with Gasteiger partial charge in [-0.1, -0.05) is 6.07 Å². The highest BCUT2D eigenvalue weighted by Gasteiger charge is 2.28. The van der Waals surface area contributed by atoms with Gasteiger partial charge in [-0.2, -0.15) is 5.10 Å². The van der Waals surface area contributed by atoms with Crippen LogP contribution in [0.5, 0.6) is 0 Å². The van der Waals surface area contributed by atoms with Gasteiger partial charge in [0, 0.05) is 35.0 Å². The van der Waals surface area contributed by atoms with Crippen molar-refractivity contribution in [3.05, 3.63) is 89.4 Å². The van der Waals surface area contributed by atoms with Crippen LogP contribution in [0.25, 0.3) is 16.9 Å². The molecule has 4 aromatic heterocycles. The summed E-state index contributed by atoms with van der Waals surface area (Å²) in [5.41, 5.74) is 7.52. The highest BCUT2D eigenvalue weighted by atomic mass is 15.3. The average molecular weight is 383 g/mol. The Morgan fingerprint density at radius 2 is 1.55 bits per heavy atom. The number of hydrogen-bond donors (Lipinski definition) is 0. The van der Waals surface area contributed by atoms with Gasteiger partial charge in [-0.05, 0) is 77.1 Å². The van der Waals surface area contributed by atoms with Crippen LogP contribution in [0.3, 0.4) is 0 Å². The van der Waals surface area contributed by atoms with Crippen molar-refractivity contribution >= 4 is 0 Å². The molecule has 0 N–H and O–H groups in total. The van der Waals surface area contributed by atoms with Crippen LogP contribution in [0.15, 0.2) is 60.9 Å². The fraction of sp³-hybridized carbons (Fsp3) is 0.250. The van der Waals surface area contributed by atoms with Gasteiger partial charge in [-0.3, -0.25) is 15.0 Å². The van der Waals surface area contributed by atoms with E-state index in [0.29, 0.717) is 0 Å². The molecule has 5 heteroatoms. The van der Waals surface area contributed by atoms with E-state index in [9.17, 15) is 0 Å². The minimum absolute atomic E-state index is 0.337. The predicted molar refractivity (Wildman–Crippen MR) is 115 cm³/mol. The van der Waals surface area contributed by atoms with Gasteiger partial charge in [0.2, 0.25) is 0 Å². The zero-order valence-electron chi connectivity index (χ0n) is 17.5. The summed E-state index contributed by atoms with van der Waals surface area (Å²) in [5.74, 6) is 0. The molecule has 4 heterocycles. The molecule has 0 aromatic carbocycles. The maximum Gasteiger partial charge on any atom is 0.0744 e. The number of aromatic nitrogens is 5. The quantitative estimate of drug-likeness (QED) is 0.499. The lowest BCUT2D eigenvalue weighted by molar-refractivity contribution is 0.586. The number of nitrogens with zero attached hydrogens (tertiary/aromatic N) is 5. The van der Waals surface area contributed by atoms with Crippen molar-refractivity contribution < 1.29 is 0 Å². The minimum Gasteiger partial charge on any atom is -0.261 e. The lowest BCUT2D eigenvalue weighted by Crippen LogP contribution is -2.22. The maximum absolute atomic E-state index is 4.93. The normalized spacial score (nSPS) is 11.6. The molecule has 0 aliphatic carbocycles. The third kappa shape index (κ3) is 3.81. The van der Waals surface area contributed by atoms with Crippen LogP contribution in [0.4, 0.5) is 0 Å². The Morgan fingerprint density at radius 3 is 2.24 bits per heavy atom. The average Bonchev–Trinajstić information content (AvgIpc) is 3.19. The fourth-order valence-electron chi connectivity index (χ4n) is 3.44. The molecule has 0 radical (unpaired) electrons. The molecular formula is C24H25N5. The first-order chi connectivity index (χ1) is 13.8. The van der Waals surface area contributed by atoms with Gasteiger partial charge >= 0.3 is 0 Å². The first-order valence-electron chi connectivity index (χ1n) is 9.75. The Balaban J connectivity index is 1.69. The van der Waals surface area contributed by atoms with Crippen LogP contribution in [0.1, 0.15) is 42.3 Å². The van der Waals surface area contributed by atoms with E-state index in [2.05, 4.69) is 42.0 Å². The summed E-state index contributed by atoms with van der Waals surface area (Å²) < 4.78 is 1.91. The topological polar surface area (TPSA) is 56.5 Å². The first-order valence-corrected chi connectivity index (χ1v) is 9.75. The third-order valence-corrected chi connectivity index (χ3v) is 5.16. The van der Waals surface area contributed by atoms with Crippen molar-refractivity contribution in [1.82, 2.24) is 24.7 Å². The van der Waals surface area contributed by atoms with Crippen molar-refractivity contribution in [3.8, 4) is 16.9 Å². The minimum atomic E-state index is -0.337. The molecule has 0 fully saturated rings. The number of hydrogen-bond acceptors (Lipinski definition) is 4. The molecule has 146 valence electrons. The summed E-state index contributed by atoms with van der Waals surface area (Å²) in [5, 5.41) is 4.86. The first kappa shape index (κ1) is 19.0. The summed E-state index contributed by atoms with van der Waals surface area (Å²) in [4.78, 5) is 13.8. The molecule has 0 bridgehead atoms. The summed E-state index contributed by atoms with van der Waals surface area (Å²) >= 11 is 0. The molecule has 0 atom stereocenters. The van der Waals surface area contributed by atoms with E-state index in [0.717, 1.165) is 45.4 Å². The molecule has 0 saturated carbocycles. The molecule has 0 spiro atoms. The second-order valence-corrected chi connectivity index (χ2v) is 7.97. The van der Waals surface area contributed by atoms with Crippen molar-refractivity contribution in [2.75, 3.05) is 0 Å². The zero-order chi connectivity index (χ0) is 20.6. The molecule has 5 nitrogen and oxygen atoms in total. The Morgan fingerprint density at radius 1 is 0.793 bits per heavy atom. The monoisotopic (exact) mass is 383 g/mol. The molecule has 29 heavy (non-hydrogen) atoms. The van der Waals surface area contributed by atoms with Crippen molar-refractivity contribution in [1.29, 1.82) is 0 Å². The van der Waals surface area contributed by atoms with Crippen molar-refractivity contribution in [3.63, 3.8) is 0 Å². The number of aryl methyl sites for hydroxylation is 3. The van der Waals surface area contributed by atoms with E-state index < -0.39 is 0 Å². The lowest BCUT2D eigenvalue weighted by Gasteiger charge is -2.22. The van der Waals surface area contributed by atoms with Crippen LogP contribution >= 0.6 is 0 Å². The van der Waals surface area contributed by atoms with Gasteiger partial charge in [0.05, 0.1) is 28.2 Å². The maximum atomic E-state index is 4.93. The summed E-state index contributed by atoms with van der Waals surface area (Å²) in [7, 11) is 0. The Bertz CT molecular complexity index is 1140. The predicted octanol–water partition coefficient (Wildman–Crippen LogP) is 4.98. The molecule has 4 aromatic rings. The Hall–Kier alpha value is -3.34. The molecular weight excluding hydrogens is 358 g/mol. The fourth-order valence-corrected chi connectivity index (χ4v) is 3.44. The molecule has 0 unspecified atom stereocenters. The molecule has 0 aliphatic rings. The standard InChI is InChI=1S/C24H25N5/c1-16-9-10-19(15-25-16)21-7-6-8-22(27-21)24(4,5)23-11-12-29(28-23)20-13-17(2)26-18(3)14-20/h6-15H,1-5H3. The molecule has 0 saturated heterocycles. The van der Waals surface area contributed by atoms with Crippen LogP contribution < -0.4 is 0 Å². The summed E-state index contributed by atoms with van der Waals surface area (Å²) in [6, 6.07) is 16.3. The summed E-state index contributed by atoms with van der Waals surface area (Å²) in [6.07, 6.45) is 3.87. The van der Waals surface area contributed by atoms with E-state index in [1.807, 2.05) is 68.2 Å². The molecule has 0 aliphatic heterocycles. The highest BCUT2D eigenvalue weighted by Crippen LogP contribution is 2.31. The van der Waals surface area contributed by atoms with E-state index in [1.54, 1.807) is 0 Å². The Kier molecular flexibility index (Phi) is 4.74. The second kappa shape index (κ2) is 7.24. The van der Waals surface area contributed by atoms with Gasteiger partial charge < -0.3 is 0 Å². The smallest absolute Gasteiger partial charge is 0.0744 e. The highest BCUT2D eigenvalue weighted by molar-refractivity contribution is 5.58. The van der Waals surface area contributed by atoms with Gasteiger partial charge in [0.15, 0.2) is 0 Å². The van der Waals surface area contributed by atoms with Gasteiger partial charge in [0.1, 0.15) is 0 Å². The SMILES string of the molecule is Cc1ccc(-c2cccc(C(C)(C)c3ccn(-c4cc(C)nc(C)c4)n3)n2)cn1. The number of rotatable bonds is 4. The van der Waals surface area contributed by atoms with Crippen LogP contribution in [-0.4, -0.2) is 24.7 Å². The van der Waals surface area contributed by atoms with Crippen LogP contribution in [0, 0.1) is 20.8 Å². The van der Waals surface area contributed by atoms with Crippen LogP contribution in [0.2, 0.25) is 0 Å². The van der Waals surface area contributed by atoms with E-state index >= 15 is 0 Å².